The van der Waals surface area contributed by atoms with Crippen molar-refractivity contribution in [2.45, 2.75) is 0 Å². The Balaban J connectivity index is 0.000000162. The Hall–Kier alpha value is -1.46. The topological polar surface area (TPSA) is 74.4 Å². The van der Waals surface area contributed by atoms with Gasteiger partial charge in [0.2, 0.25) is 5.91 Å². The molecule has 1 aliphatic rings. The highest BCUT2D eigenvalue weighted by Gasteiger charge is 1.95. The van der Waals surface area contributed by atoms with E-state index in [4.69, 9.17) is 15.2 Å². The number of nitrogens with two attached hydrogens (primary N) is 1. The van der Waals surface area contributed by atoms with Crippen molar-refractivity contribution in [3.63, 3.8) is 0 Å². The molecule has 0 radical (unpaired) electrons. The Morgan fingerprint density at radius 3 is 2.13 bits per heavy atom. The summed E-state index contributed by atoms with van der Waals surface area (Å²) in [6, 6.07) is 3.29. The van der Waals surface area contributed by atoms with Crippen LogP contribution in [0.15, 0.2) is 24.5 Å². The summed E-state index contributed by atoms with van der Waals surface area (Å²) in [4.78, 5) is 14.1. The van der Waals surface area contributed by atoms with Gasteiger partial charge < -0.3 is 15.2 Å². The average molecular weight is 210 g/mol. The number of pyridine rings is 1. The fourth-order valence-corrected chi connectivity index (χ4v) is 0.948. The molecule has 1 amide bonds. The molecular formula is C10H14N2O3. The highest BCUT2D eigenvalue weighted by atomic mass is 16.6. The summed E-state index contributed by atoms with van der Waals surface area (Å²) in [7, 11) is 0. The lowest BCUT2D eigenvalue weighted by Gasteiger charge is -2.09. The number of hydrogen-bond donors (Lipinski definition) is 1. The Morgan fingerprint density at radius 1 is 1.27 bits per heavy atom. The highest BCUT2D eigenvalue weighted by molar-refractivity contribution is 5.92. The van der Waals surface area contributed by atoms with Crippen LogP contribution in [-0.4, -0.2) is 37.3 Å². The molecule has 1 fully saturated rings. The van der Waals surface area contributed by atoms with Gasteiger partial charge in [0.05, 0.1) is 32.0 Å². The zero-order valence-corrected chi connectivity index (χ0v) is 8.39. The zero-order chi connectivity index (χ0) is 10.9. The lowest BCUT2D eigenvalue weighted by molar-refractivity contribution is -0.0334. The van der Waals surface area contributed by atoms with Crippen LogP contribution < -0.4 is 5.73 Å². The van der Waals surface area contributed by atoms with E-state index in [2.05, 4.69) is 4.98 Å². The van der Waals surface area contributed by atoms with E-state index in [1.165, 1.54) is 6.20 Å². The van der Waals surface area contributed by atoms with Crippen molar-refractivity contribution in [3.8, 4) is 0 Å². The molecule has 2 heterocycles. The predicted octanol–water partition coefficient (Wildman–Crippen LogP) is 0.214. The third kappa shape index (κ3) is 5.09. The molecule has 0 saturated carbocycles. The summed E-state index contributed by atoms with van der Waals surface area (Å²) in [6.45, 7) is 3.11. The van der Waals surface area contributed by atoms with Gasteiger partial charge in [0.1, 0.15) is 0 Å². The first-order chi connectivity index (χ1) is 7.30. The van der Waals surface area contributed by atoms with Crippen molar-refractivity contribution in [2.75, 3.05) is 26.4 Å². The van der Waals surface area contributed by atoms with Crippen molar-refractivity contribution in [1.29, 1.82) is 0 Å². The van der Waals surface area contributed by atoms with Gasteiger partial charge in [-0.2, -0.15) is 0 Å². The number of rotatable bonds is 1. The zero-order valence-electron chi connectivity index (χ0n) is 8.39. The normalized spacial score (nSPS) is 14.9. The van der Waals surface area contributed by atoms with E-state index in [9.17, 15) is 4.79 Å². The number of primary amides is 1. The molecule has 1 aromatic heterocycles. The summed E-state index contributed by atoms with van der Waals surface area (Å²) in [5.74, 6) is -0.442. The largest absolute Gasteiger partial charge is 0.377 e. The van der Waals surface area contributed by atoms with Gasteiger partial charge in [-0.1, -0.05) is 0 Å². The van der Waals surface area contributed by atoms with Crippen LogP contribution in [0.1, 0.15) is 10.4 Å². The lowest BCUT2D eigenvalue weighted by Crippen LogP contribution is -2.16. The van der Waals surface area contributed by atoms with E-state index < -0.39 is 5.91 Å². The van der Waals surface area contributed by atoms with Crippen molar-refractivity contribution < 1.29 is 14.3 Å². The summed E-state index contributed by atoms with van der Waals surface area (Å²) < 4.78 is 9.89. The van der Waals surface area contributed by atoms with Crippen LogP contribution in [0.3, 0.4) is 0 Å². The second-order valence-corrected chi connectivity index (χ2v) is 2.83. The van der Waals surface area contributed by atoms with Gasteiger partial charge in [-0.3, -0.25) is 9.78 Å². The first-order valence-corrected chi connectivity index (χ1v) is 4.66. The van der Waals surface area contributed by atoms with Gasteiger partial charge in [0.25, 0.3) is 0 Å². The molecule has 0 atom stereocenters. The average Bonchev–Trinajstić information content (AvgIpc) is 2.33. The maximum atomic E-state index is 10.4. The van der Waals surface area contributed by atoms with Crippen molar-refractivity contribution in [3.05, 3.63) is 30.1 Å². The Bertz CT molecular complexity index is 274. The second kappa shape index (κ2) is 6.92. The van der Waals surface area contributed by atoms with E-state index in [1.807, 2.05) is 0 Å². The fraction of sp³-hybridized carbons (Fsp3) is 0.400. The number of hydrogen-bond acceptors (Lipinski definition) is 4. The SMILES string of the molecule is C1COCCO1.NC(=O)c1cccnc1. The van der Waals surface area contributed by atoms with Gasteiger partial charge in [-0.05, 0) is 12.1 Å². The fourth-order valence-electron chi connectivity index (χ4n) is 0.948. The number of nitrogens with zero attached hydrogens (tertiary/aromatic N) is 1. The maximum absolute atomic E-state index is 10.4. The molecule has 0 bridgehead atoms. The molecular weight excluding hydrogens is 196 g/mol. The first kappa shape index (κ1) is 11.6. The Kier molecular flexibility index (Phi) is 5.35. The minimum Gasteiger partial charge on any atom is -0.377 e. The molecule has 82 valence electrons. The smallest absolute Gasteiger partial charge is 0.250 e. The van der Waals surface area contributed by atoms with E-state index in [0.717, 1.165) is 26.4 Å². The van der Waals surface area contributed by atoms with Gasteiger partial charge in [0, 0.05) is 12.4 Å². The van der Waals surface area contributed by atoms with Crippen molar-refractivity contribution >= 4 is 5.91 Å². The number of amides is 1. The summed E-state index contributed by atoms with van der Waals surface area (Å²) in [5.41, 5.74) is 5.38. The van der Waals surface area contributed by atoms with E-state index in [0.29, 0.717) is 5.56 Å². The number of ether oxygens (including phenoxy) is 2. The van der Waals surface area contributed by atoms with E-state index >= 15 is 0 Å². The molecule has 0 aromatic carbocycles. The molecule has 0 unspecified atom stereocenters. The summed E-state index contributed by atoms with van der Waals surface area (Å²) in [6.07, 6.45) is 3.02. The molecule has 1 saturated heterocycles. The third-order valence-corrected chi connectivity index (χ3v) is 1.69. The minimum absolute atomic E-state index is 0.442. The maximum Gasteiger partial charge on any atom is 0.250 e. The first-order valence-electron chi connectivity index (χ1n) is 4.66. The molecule has 15 heavy (non-hydrogen) atoms. The van der Waals surface area contributed by atoms with Crippen molar-refractivity contribution in [1.82, 2.24) is 4.98 Å². The Labute approximate surface area is 88.2 Å². The van der Waals surface area contributed by atoms with Crippen LogP contribution in [0, 0.1) is 0 Å². The van der Waals surface area contributed by atoms with Crippen LogP contribution in [0.2, 0.25) is 0 Å². The summed E-state index contributed by atoms with van der Waals surface area (Å²) >= 11 is 0. The molecule has 2 rings (SSSR count). The van der Waals surface area contributed by atoms with E-state index in [-0.39, 0.29) is 0 Å². The highest BCUT2D eigenvalue weighted by Crippen LogP contribution is 1.91. The second-order valence-electron chi connectivity index (χ2n) is 2.83. The summed E-state index contributed by atoms with van der Waals surface area (Å²) in [5, 5.41) is 0. The molecule has 1 aliphatic heterocycles. The van der Waals surface area contributed by atoms with Crippen LogP contribution >= 0.6 is 0 Å². The van der Waals surface area contributed by atoms with Crippen LogP contribution in [0.4, 0.5) is 0 Å². The standard InChI is InChI=1S/C6H6N2O.C4H8O2/c7-6(9)5-2-1-3-8-4-5;1-2-6-4-3-5-1/h1-4H,(H2,7,9);1-4H2. The van der Waals surface area contributed by atoms with Gasteiger partial charge in [0.15, 0.2) is 0 Å². The lowest BCUT2D eigenvalue weighted by atomic mass is 10.3. The van der Waals surface area contributed by atoms with E-state index in [1.54, 1.807) is 18.3 Å². The van der Waals surface area contributed by atoms with Gasteiger partial charge >= 0.3 is 0 Å². The van der Waals surface area contributed by atoms with Crippen LogP contribution in [0.25, 0.3) is 0 Å². The number of carbonyl (C=O) groups is 1. The monoisotopic (exact) mass is 210 g/mol. The molecule has 2 N–H and O–H groups in total. The molecule has 1 aromatic rings. The number of aromatic nitrogens is 1. The van der Waals surface area contributed by atoms with Crippen LogP contribution in [0.5, 0.6) is 0 Å². The van der Waals surface area contributed by atoms with Crippen LogP contribution in [-0.2, 0) is 9.47 Å². The molecule has 5 nitrogen and oxygen atoms in total. The quantitative estimate of drug-likeness (QED) is 0.719. The third-order valence-electron chi connectivity index (χ3n) is 1.69. The number of carbonyl (C=O) groups excluding carboxylic acids is 1. The molecule has 0 aliphatic carbocycles. The van der Waals surface area contributed by atoms with Gasteiger partial charge in [-0.25, -0.2) is 0 Å². The molecule has 0 spiro atoms. The predicted molar refractivity (Wildman–Crippen MR) is 54.4 cm³/mol. The Morgan fingerprint density at radius 2 is 1.87 bits per heavy atom. The van der Waals surface area contributed by atoms with Crippen molar-refractivity contribution in [2.24, 2.45) is 5.73 Å². The minimum atomic E-state index is -0.442. The molecule has 5 heteroatoms. The van der Waals surface area contributed by atoms with Gasteiger partial charge in [-0.15, -0.1) is 0 Å².